The van der Waals surface area contributed by atoms with Crippen molar-refractivity contribution in [2.24, 2.45) is 0 Å². The van der Waals surface area contributed by atoms with Gasteiger partial charge in [0.15, 0.2) is 0 Å². The quantitative estimate of drug-likeness (QED) is 0.669. The first kappa shape index (κ1) is 20.0. The second kappa shape index (κ2) is 8.11. The van der Waals surface area contributed by atoms with Gasteiger partial charge in [-0.1, -0.05) is 0 Å². The molecule has 0 unspecified atom stereocenters. The first-order chi connectivity index (χ1) is 13.3. The molecule has 10 heteroatoms. The van der Waals surface area contributed by atoms with Crippen LogP contribution in [0.3, 0.4) is 0 Å². The van der Waals surface area contributed by atoms with Crippen LogP contribution < -0.4 is 9.47 Å². The van der Waals surface area contributed by atoms with Gasteiger partial charge in [-0.15, -0.1) is 0 Å². The number of carbonyl (C=O) groups excluding carboxylic acids is 1. The molecule has 3 heterocycles. The van der Waals surface area contributed by atoms with Crippen molar-refractivity contribution in [2.75, 3.05) is 33.6 Å². The van der Waals surface area contributed by atoms with Crippen LogP contribution in [0.15, 0.2) is 36.7 Å². The molecule has 2 aromatic rings. The van der Waals surface area contributed by atoms with Crippen molar-refractivity contribution in [1.29, 1.82) is 0 Å². The summed E-state index contributed by atoms with van der Waals surface area (Å²) in [5.41, 5.74) is 1.15. The number of nitrogens with zero attached hydrogens (tertiary/aromatic N) is 4. The third-order valence-corrected chi connectivity index (χ3v) is 5.82. The maximum Gasteiger partial charge on any atom is 0.259 e. The summed E-state index contributed by atoms with van der Waals surface area (Å²) < 4.78 is 36.1. The number of methoxy groups -OCH3 is 2. The maximum atomic E-state index is 12.8. The summed E-state index contributed by atoms with van der Waals surface area (Å²) in [7, 11) is -0.531. The molecule has 150 valence electrons. The molecule has 28 heavy (non-hydrogen) atoms. The lowest BCUT2D eigenvalue weighted by Crippen LogP contribution is -2.61. The zero-order valence-corrected chi connectivity index (χ0v) is 16.7. The number of hydrogen-bond donors (Lipinski definition) is 0. The zero-order valence-electron chi connectivity index (χ0n) is 15.9. The predicted octanol–water partition coefficient (Wildman–Crippen LogP) is 0.780. The minimum atomic E-state index is -3.44. The number of carbonyl (C=O) groups is 1. The van der Waals surface area contributed by atoms with Gasteiger partial charge in [0.2, 0.25) is 21.8 Å². The fourth-order valence-corrected chi connectivity index (χ4v) is 4.07. The van der Waals surface area contributed by atoms with Gasteiger partial charge in [0, 0.05) is 38.1 Å². The number of rotatable bonds is 7. The van der Waals surface area contributed by atoms with Gasteiger partial charge in [-0.25, -0.2) is 8.42 Å². The average molecular weight is 406 g/mol. The number of sulfonamides is 1. The summed E-state index contributed by atoms with van der Waals surface area (Å²) in [6.07, 6.45) is 4.42. The summed E-state index contributed by atoms with van der Waals surface area (Å²) in [6, 6.07) is 6.43. The van der Waals surface area contributed by atoms with Crippen molar-refractivity contribution < 1.29 is 22.7 Å². The molecule has 9 nitrogen and oxygen atoms in total. The predicted molar refractivity (Wildman–Crippen MR) is 102 cm³/mol. The Kier molecular flexibility index (Phi) is 5.80. The normalized spacial score (nSPS) is 14.6. The van der Waals surface area contributed by atoms with Crippen LogP contribution in [0.5, 0.6) is 11.8 Å². The monoisotopic (exact) mass is 406 g/mol. The van der Waals surface area contributed by atoms with E-state index in [0.29, 0.717) is 24.5 Å². The van der Waals surface area contributed by atoms with Crippen LogP contribution in [0.2, 0.25) is 0 Å². The van der Waals surface area contributed by atoms with Crippen LogP contribution in [-0.4, -0.2) is 73.1 Å². The summed E-state index contributed by atoms with van der Waals surface area (Å²) in [5, 5.41) is 0. The van der Waals surface area contributed by atoms with E-state index in [1.165, 1.54) is 24.8 Å². The zero-order chi connectivity index (χ0) is 20.3. The smallest absolute Gasteiger partial charge is 0.259 e. The molecule has 0 radical (unpaired) electrons. The highest BCUT2D eigenvalue weighted by Crippen LogP contribution is 2.26. The number of amides is 1. The molecule has 1 aliphatic heterocycles. The summed E-state index contributed by atoms with van der Waals surface area (Å²) >= 11 is 0. The summed E-state index contributed by atoms with van der Waals surface area (Å²) in [5.74, 6) is 0.251. The van der Waals surface area contributed by atoms with Crippen LogP contribution in [0.4, 0.5) is 0 Å². The number of hydrogen-bond acceptors (Lipinski definition) is 7. The van der Waals surface area contributed by atoms with Crippen LogP contribution in [0, 0.1) is 0 Å². The van der Waals surface area contributed by atoms with Gasteiger partial charge in [-0.2, -0.15) is 9.29 Å². The highest BCUT2D eigenvalue weighted by molar-refractivity contribution is 7.88. The Bertz CT molecular complexity index is 946. The largest absolute Gasteiger partial charge is 0.481 e. The van der Waals surface area contributed by atoms with E-state index < -0.39 is 10.0 Å². The van der Waals surface area contributed by atoms with Crippen molar-refractivity contribution in [2.45, 2.75) is 12.6 Å². The summed E-state index contributed by atoms with van der Waals surface area (Å²) in [6.45, 7) is 0.833. The van der Waals surface area contributed by atoms with E-state index >= 15 is 0 Å². The Hall–Kier alpha value is -2.72. The molecule has 0 N–H and O–H groups in total. The molecule has 0 bridgehead atoms. The topological polar surface area (TPSA) is 102 Å². The standard InChI is InChI=1S/C18H22N4O5S/c1-26-16-5-4-15(17(20-16)27-2)18(23)21-11-14(12-21)22(28(3,24)25)10-13-6-8-19-9-7-13/h4-9,14H,10-12H2,1-3H3. The molecular formula is C18H22N4O5S. The van der Waals surface area contributed by atoms with Crippen molar-refractivity contribution in [1.82, 2.24) is 19.2 Å². The van der Waals surface area contributed by atoms with Crippen LogP contribution in [0.1, 0.15) is 15.9 Å². The molecule has 0 aromatic carbocycles. The molecule has 0 atom stereocenters. The van der Waals surface area contributed by atoms with Gasteiger partial charge >= 0.3 is 0 Å². The first-order valence-corrected chi connectivity index (χ1v) is 10.4. The van der Waals surface area contributed by atoms with Crippen molar-refractivity contribution in [3.8, 4) is 11.8 Å². The average Bonchev–Trinajstić information content (AvgIpc) is 2.65. The van der Waals surface area contributed by atoms with Crippen molar-refractivity contribution >= 4 is 15.9 Å². The first-order valence-electron chi connectivity index (χ1n) is 8.57. The molecule has 2 aromatic heterocycles. The van der Waals surface area contributed by atoms with Gasteiger partial charge in [-0.3, -0.25) is 9.78 Å². The second-order valence-electron chi connectivity index (χ2n) is 6.44. The van der Waals surface area contributed by atoms with Gasteiger partial charge < -0.3 is 14.4 Å². The molecule has 1 amide bonds. The number of pyridine rings is 2. The lowest BCUT2D eigenvalue weighted by Gasteiger charge is -2.44. The number of aromatic nitrogens is 2. The van der Waals surface area contributed by atoms with E-state index in [0.717, 1.165) is 5.56 Å². The maximum absolute atomic E-state index is 12.8. The van der Waals surface area contributed by atoms with E-state index in [-0.39, 0.29) is 24.4 Å². The molecule has 0 spiro atoms. The van der Waals surface area contributed by atoms with Gasteiger partial charge in [-0.05, 0) is 23.8 Å². The number of ether oxygens (including phenoxy) is 2. The highest BCUT2D eigenvalue weighted by atomic mass is 32.2. The Morgan fingerprint density at radius 2 is 1.86 bits per heavy atom. The van der Waals surface area contributed by atoms with Crippen LogP contribution >= 0.6 is 0 Å². The second-order valence-corrected chi connectivity index (χ2v) is 8.37. The Morgan fingerprint density at radius 3 is 2.43 bits per heavy atom. The minimum Gasteiger partial charge on any atom is -0.481 e. The molecule has 3 rings (SSSR count). The van der Waals surface area contributed by atoms with E-state index in [2.05, 4.69) is 9.97 Å². The lowest BCUT2D eigenvalue weighted by atomic mass is 10.1. The van der Waals surface area contributed by atoms with Crippen molar-refractivity contribution in [3.05, 3.63) is 47.8 Å². The molecular weight excluding hydrogens is 384 g/mol. The Morgan fingerprint density at radius 1 is 1.18 bits per heavy atom. The molecule has 1 fully saturated rings. The van der Waals surface area contributed by atoms with Gasteiger partial charge in [0.25, 0.3) is 5.91 Å². The minimum absolute atomic E-state index is 0.171. The third-order valence-electron chi connectivity index (χ3n) is 4.54. The van der Waals surface area contributed by atoms with Gasteiger partial charge in [0.05, 0.1) is 26.5 Å². The highest BCUT2D eigenvalue weighted by Gasteiger charge is 2.39. The molecule has 1 saturated heterocycles. The Balaban J connectivity index is 1.72. The molecule has 0 saturated carbocycles. The fraction of sp³-hybridized carbons (Fsp3) is 0.389. The molecule has 1 aliphatic rings. The molecule has 0 aliphatic carbocycles. The lowest BCUT2D eigenvalue weighted by molar-refractivity contribution is 0.0440. The van der Waals surface area contributed by atoms with Crippen LogP contribution in [0.25, 0.3) is 0 Å². The van der Waals surface area contributed by atoms with Crippen LogP contribution in [-0.2, 0) is 16.6 Å². The fourth-order valence-electron chi connectivity index (χ4n) is 3.01. The van der Waals surface area contributed by atoms with E-state index in [1.54, 1.807) is 41.6 Å². The van der Waals surface area contributed by atoms with E-state index in [1.807, 2.05) is 0 Å². The SMILES string of the molecule is COc1ccc(C(=O)N2CC(N(Cc3ccncc3)S(C)(=O)=O)C2)c(OC)n1. The van der Waals surface area contributed by atoms with E-state index in [4.69, 9.17) is 9.47 Å². The number of likely N-dealkylation sites (tertiary alicyclic amines) is 1. The van der Waals surface area contributed by atoms with Crippen molar-refractivity contribution in [3.63, 3.8) is 0 Å². The summed E-state index contributed by atoms with van der Waals surface area (Å²) in [4.78, 5) is 22.4. The van der Waals surface area contributed by atoms with E-state index in [9.17, 15) is 13.2 Å². The van der Waals surface area contributed by atoms with Gasteiger partial charge in [0.1, 0.15) is 5.56 Å². The third kappa shape index (κ3) is 4.23. The Labute approximate surface area is 164 Å².